The van der Waals surface area contributed by atoms with E-state index in [9.17, 15) is 41.5 Å². The fourth-order valence-corrected chi connectivity index (χ4v) is 8.99. The molecule has 1 saturated heterocycles. The predicted octanol–water partition coefficient (Wildman–Crippen LogP) is 5.44. The summed E-state index contributed by atoms with van der Waals surface area (Å²) in [7, 11) is -9.63. The van der Waals surface area contributed by atoms with Crippen molar-refractivity contribution in [2.45, 2.75) is 34.2 Å². The van der Waals surface area contributed by atoms with E-state index in [0.717, 1.165) is 40.7 Å². The highest BCUT2D eigenvalue weighted by atomic mass is 32.2. The normalized spacial score (nSPS) is 19.4. The monoisotopic (exact) mass is 655 g/mol. The Hall–Kier alpha value is -4.77. The molecule has 0 bridgehead atoms. The Morgan fingerprint density at radius 1 is 0.800 bits per heavy atom. The van der Waals surface area contributed by atoms with E-state index in [1.807, 2.05) is 0 Å². The summed E-state index contributed by atoms with van der Waals surface area (Å²) in [5, 5.41) is 23.4. The van der Waals surface area contributed by atoms with Gasteiger partial charge in [0.15, 0.2) is 9.79 Å². The number of rotatable bonds is 8. The molecule has 0 amide bonds. The van der Waals surface area contributed by atoms with Crippen molar-refractivity contribution < 1.29 is 40.0 Å². The molecule has 0 radical (unpaired) electrons. The van der Waals surface area contributed by atoms with Crippen LogP contribution in [0.2, 0.25) is 0 Å². The number of benzene rings is 4. The van der Waals surface area contributed by atoms with Crippen LogP contribution in [0.4, 0.5) is 15.8 Å². The summed E-state index contributed by atoms with van der Waals surface area (Å²) < 4.78 is 82.4. The highest BCUT2D eigenvalue weighted by Gasteiger charge is 2.53. The lowest BCUT2D eigenvalue weighted by Gasteiger charge is -2.30. The van der Waals surface area contributed by atoms with E-state index in [2.05, 4.69) is 0 Å². The second-order valence-electron chi connectivity index (χ2n) is 10.3. The second kappa shape index (κ2) is 11.3. The zero-order valence-electron chi connectivity index (χ0n) is 22.9. The van der Waals surface area contributed by atoms with E-state index >= 15 is 0 Å². The Bertz CT molecular complexity index is 2070. The zero-order chi connectivity index (χ0) is 32.1. The van der Waals surface area contributed by atoms with Crippen LogP contribution in [0.1, 0.15) is 29.5 Å². The first-order valence-corrected chi connectivity index (χ1v) is 16.2. The van der Waals surface area contributed by atoms with Crippen LogP contribution in [0.3, 0.4) is 0 Å². The average Bonchev–Trinajstić information content (AvgIpc) is 3.35. The van der Waals surface area contributed by atoms with Gasteiger partial charge in [0.05, 0.1) is 28.5 Å². The number of sulfonamides is 1. The van der Waals surface area contributed by atoms with Gasteiger partial charge in [0.1, 0.15) is 17.3 Å². The summed E-state index contributed by atoms with van der Waals surface area (Å²) >= 11 is 0. The molecule has 0 N–H and O–H groups in total. The summed E-state index contributed by atoms with van der Waals surface area (Å²) in [5.41, 5.74) is -0.819. The van der Waals surface area contributed by atoms with Crippen molar-refractivity contribution in [1.82, 2.24) is 4.31 Å². The third kappa shape index (κ3) is 5.31. The van der Waals surface area contributed by atoms with Gasteiger partial charge >= 0.3 is 10.1 Å². The number of fused-ring (bicyclic) bond motifs is 5. The summed E-state index contributed by atoms with van der Waals surface area (Å²) in [6, 6.07) is 17.0. The number of hydrogen-bond acceptors (Lipinski definition) is 10. The van der Waals surface area contributed by atoms with Gasteiger partial charge in [-0.25, -0.2) is 12.8 Å². The first-order valence-electron chi connectivity index (χ1n) is 13.4. The molecule has 0 spiro atoms. The standard InChI is InChI=1S/C29H22FN3O10S2/c30-18-13-14-26-22(15-18)29-21(20-7-1-4-10-25(20)43-26)16-19(17-42-45(40,41)28-12-6-3-9-24(28)33(36)37)31(29)44(38,39)27-11-5-2-8-23(27)32(34)35/h1-15,19,21,29H,16-17H2/t19-,21-,29?/m1/s1. The summed E-state index contributed by atoms with van der Waals surface area (Å²) in [4.78, 5) is 20.3. The first kappa shape index (κ1) is 30.3. The minimum absolute atomic E-state index is 0.0761. The van der Waals surface area contributed by atoms with Crippen molar-refractivity contribution >= 4 is 31.5 Å². The first-order chi connectivity index (χ1) is 21.4. The largest absolute Gasteiger partial charge is 0.457 e. The Labute approximate surface area is 255 Å². The maximum atomic E-state index is 14.8. The molecule has 0 saturated carbocycles. The van der Waals surface area contributed by atoms with E-state index in [1.165, 1.54) is 30.3 Å². The molecule has 232 valence electrons. The van der Waals surface area contributed by atoms with Crippen molar-refractivity contribution in [2.75, 3.05) is 6.61 Å². The Kier molecular flexibility index (Phi) is 7.60. The average molecular weight is 656 g/mol. The highest BCUT2D eigenvalue weighted by Crippen LogP contribution is 2.56. The lowest BCUT2D eigenvalue weighted by atomic mass is 9.87. The fourth-order valence-electron chi connectivity index (χ4n) is 5.90. The number of para-hydroxylation sites is 3. The number of halogens is 1. The van der Waals surface area contributed by atoms with Gasteiger partial charge in [0.2, 0.25) is 0 Å². The zero-order valence-corrected chi connectivity index (χ0v) is 24.6. The molecule has 1 unspecified atom stereocenters. The fraction of sp³-hybridized carbons (Fsp3) is 0.172. The van der Waals surface area contributed by atoms with Crippen LogP contribution in [0, 0.1) is 26.0 Å². The van der Waals surface area contributed by atoms with Crippen molar-refractivity contribution in [2.24, 2.45) is 0 Å². The minimum atomic E-state index is -4.83. The van der Waals surface area contributed by atoms with Crippen LogP contribution in [0.25, 0.3) is 0 Å². The summed E-state index contributed by atoms with van der Waals surface area (Å²) in [6.45, 7) is -0.811. The molecule has 2 aliphatic heterocycles. The van der Waals surface area contributed by atoms with Gasteiger partial charge in [-0.05, 0) is 48.4 Å². The van der Waals surface area contributed by atoms with Crippen molar-refractivity contribution in [3.8, 4) is 11.5 Å². The van der Waals surface area contributed by atoms with Gasteiger partial charge in [-0.2, -0.15) is 12.7 Å². The molecule has 0 aliphatic carbocycles. The van der Waals surface area contributed by atoms with Crippen molar-refractivity contribution in [1.29, 1.82) is 0 Å². The third-order valence-corrected chi connectivity index (χ3v) is 11.0. The van der Waals surface area contributed by atoms with E-state index in [1.54, 1.807) is 24.3 Å². The van der Waals surface area contributed by atoms with E-state index in [-0.39, 0.29) is 17.7 Å². The van der Waals surface area contributed by atoms with Gasteiger partial charge < -0.3 is 4.74 Å². The third-order valence-electron chi connectivity index (χ3n) is 7.73. The van der Waals surface area contributed by atoms with Crippen LogP contribution in [0.15, 0.2) is 101 Å². The lowest BCUT2D eigenvalue weighted by Crippen LogP contribution is -2.40. The van der Waals surface area contributed by atoms with Gasteiger partial charge in [0, 0.05) is 23.6 Å². The Morgan fingerprint density at radius 3 is 2.07 bits per heavy atom. The molecule has 13 nitrogen and oxygen atoms in total. The maximum absolute atomic E-state index is 14.8. The lowest BCUT2D eigenvalue weighted by molar-refractivity contribution is -0.388. The van der Waals surface area contributed by atoms with Crippen molar-refractivity contribution in [3.05, 3.63) is 128 Å². The van der Waals surface area contributed by atoms with Gasteiger partial charge in [-0.15, -0.1) is 0 Å². The molecule has 3 atom stereocenters. The predicted molar refractivity (Wildman–Crippen MR) is 155 cm³/mol. The molecular formula is C29H22FN3O10S2. The van der Waals surface area contributed by atoms with Crippen LogP contribution in [-0.2, 0) is 24.3 Å². The SMILES string of the molecule is O=[N+]([O-])c1ccccc1S(=O)(=O)OC[C@H]1C[C@@H]2c3ccccc3Oc3ccc(F)cc3C2N1S(=O)(=O)c1ccccc1[N+](=O)[O-]. The van der Waals surface area contributed by atoms with Gasteiger partial charge in [-0.1, -0.05) is 42.5 Å². The summed E-state index contributed by atoms with van der Waals surface area (Å²) in [5.74, 6) is -0.962. The molecule has 4 aromatic rings. The molecule has 2 aliphatic rings. The quantitative estimate of drug-likeness (QED) is 0.135. The molecule has 1 fully saturated rings. The topological polar surface area (TPSA) is 176 Å². The van der Waals surface area contributed by atoms with Crippen LogP contribution >= 0.6 is 0 Å². The number of hydrogen-bond donors (Lipinski definition) is 0. The molecule has 16 heteroatoms. The van der Waals surface area contributed by atoms with Gasteiger partial charge in [-0.3, -0.25) is 24.4 Å². The Balaban J connectivity index is 1.52. The molecule has 45 heavy (non-hydrogen) atoms. The van der Waals surface area contributed by atoms with Crippen LogP contribution < -0.4 is 4.74 Å². The molecule has 0 aromatic heterocycles. The van der Waals surface area contributed by atoms with Gasteiger partial charge in [0.25, 0.3) is 21.4 Å². The number of ether oxygens (including phenoxy) is 1. The van der Waals surface area contributed by atoms with E-state index in [0.29, 0.717) is 11.3 Å². The van der Waals surface area contributed by atoms with Crippen LogP contribution in [0.5, 0.6) is 11.5 Å². The molecule has 4 aromatic carbocycles. The number of nitro groups is 2. The maximum Gasteiger partial charge on any atom is 0.303 e. The molecule has 2 heterocycles. The minimum Gasteiger partial charge on any atom is -0.457 e. The van der Waals surface area contributed by atoms with Crippen LogP contribution in [-0.4, -0.2) is 43.6 Å². The number of nitro benzene ring substituents is 2. The second-order valence-corrected chi connectivity index (χ2v) is 13.7. The molecular weight excluding hydrogens is 633 g/mol. The summed E-state index contributed by atoms with van der Waals surface area (Å²) in [6.07, 6.45) is -0.0761. The highest BCUT2D eigenvalue weighted by molar-refractivity contribution is 7.89. The van der Waals surface area contributed by atoms with E-state index in [4.69, 9.17) is 8.92 Å². The number of nitrogens with zero attached hydrogens (tertiary/aromatic N) is 3. The van der Waals surface area contributed by atoms with Crippen molar-refractivity contribution in [3.63, 3.8) is 0 Å². The smallest absolute Gasteiger partial charge is 0.303 e. The molecule has 6 rings (SSSR count). The van der Waals surface area contributed by atoms with E-state index < -0.39 is 81.6 Å². The Morgan fingerprint density at radius 2 is 1.38 bits per heavy atom.